The van der Waals surface area contributed by atoms with Crippen LogP contribution in [-0.4, -0.2) is 5.91 Å². The number of hydrogen-bond donors (Lipinski definition) is 1. The zero-order chi connectivity index (χ0) is 15.0. The Labute approximate surface area is 127 Å². The van der Waals surface area contributed by atoms with Crippen LogP contribution < -0.4 is 5.32 Å². The third-order valence-corrected chi connectivity index (χ3v) is 4.47. The van der Waals surface area contributed by atoms with E-state index in [4.69, 9.17) is 11.6 Å². The second-order valence-electron chi connectivity index (χ2n) is 5.63. The highest BCUT2D eigenvalue weighted by molar-refractivity contribution is 6.30. The molecule has 2 atom stereocenters. The number of rotatable bonds is 2. The van der Waals surface area contributed by atoms with Crippen molar-refractivity contribution in [2.75, 3.05) is 0 Å². The van der Waals surface area contributed by atoms with Crippen LogP contribution in [0.3, 0.4) is 0 Å². The molecule has 1 N–H and O–H groups in total. The summed E-state index contributed by atoms with van der Waals surface area (Å²) in [5, 5.41) is 3.10. The lowest BCUT2D eigenvalue weighted by molar-refractivity contribution is -0.119. The van der Waals surface area contributed by atoms with Crippen molar-refractivity contribution in [3.05, 3.63) is 70.5 Å². The van der Waals surface area contributed by atoms with E-state index in [0.717, 1.165) is 11.1 Å². The number of amides is 1. The van der Waals surface area contributed by atoms with Crippen molar-refractivity contribution in [3.63, 3.8) is 0 Å². The van der Waals surface area contributed by atoms with Gasteiger partial charge in [-0.15, -0.1) is 0 Å². The third-order valence-electron chi connectivity index (χ3n) is 4.18. The quantitative estimate of drug-likeness (QED) is 0.892. The van der Waals surface area contributed by atoms with Gasteiger partial charge in [0.05, 0.1) is 11.1 Å². The van der Waals surface area contributed by atoms with Gasteiger partial charge in [0.15, 0.2) is 0 Å². The smallest absolute Gasteiger partial charge is 0.221 e. The molecule has 0 spiro atoms. The van der Waals surface area contributed by atoms with E-state index in [1.54, 1.807) is 12.1 Å². The van der Waals surface area contributed by atoms with Gasteiger partial charge in [-0.1, -0.05) is 54.9 Å². The fourth-order valence-electron chi connectivity index (χ4n) is 3.02. The molecule has 21 heavy (non-hydrogen) atoms. The molecule has 0 aliphatic carbocycles. The molecule has 1 heterocycles. The van der Waals surface area contributed by atoms with Crippen LogP contribution in [0.4, 0.5) is 4.39 Å². The van der Waals surface area contributed by atoms with Crippen molar-refractivity contribution >= 4 is 17.5 Å². The monoisotopic (exact) mass is 303 g/mol. The summed E-state index contributed by atoms with van der Waals surface area (Å²) < 4.78 is 13.4. The minimum atomic E-state index is -0.449. The first kappa shape index (κ1) is 14.1. The molecule has 4 heteroatoms. The van der Waals surface area contributed by atoms with Crippen molar-refractivity contribution in [2.24, 2.45) is 0 Å². The Kier molecular flexibility index (Phi) is 3.46. The SMILES string of the molecule is CC1(c2ccc(F)c(Cl)c2)CC(=O)NC1c1ccccc1. The van der Waals surface area contributed by atoms with Crippen LogP contribution in [0, 0.1) is 5.82 Å². The Hall–Kier alpha value is -1.87. The molecule has 108 valence electrons. The molecule has 0 aromatic heterocycles. The standard InChI is InChI=1S/C17H15ClFNO/c1-17(12-7-8-14(19)13(18)9-12)10-15(21)20-16(17)11-5-3-2-4-6-11/h2-9,16H,10H2,1H3,(H,20,21). The number of nitrogens with one attached hydrogen (secondary N) is 1. The van der Waals surface area contributed by atoms with E-state index >= 15 is 0 Å². The molecule has 3 rings (SSSR count). The maximum Gasteiger partial charge on any atom is 0.221 e. The molecular formula is C17H15ClFNO. The summed E-state index contributed by atoms with van der Waals surface area (Å²) in [6.45, 7) is 2.01. The Morgan fingerprint density at radius 1 is 1.24 bits per heavy atom. The average molecular weight is 304 g/mol. The first-order valence-electron chi connectivity index (χ1n) is 6.80. The molecule has 1 saturated heterocycles. The summed E-state index contributed by atoms with van der Waals surface area (Å²) in [6.07, 6.45) is 0.356. The van der Waals surface area contributed by atoms with Crippen LogP contribution in [0.1, 0.15) is 30.5 Å². The van der Waals surface area contributed by atoms with Gasteiger partial charge < -0.3 is 5.32 Å². The molecule has 2 nitrogen and oxygen atoms in total. The molecule has 1 fully saturated rings. The number of hydrogen-bond acceptors (Lipinski definition) is 1. The fourth-order valence-corrected chi connectivity index (χ4v) is 3.20. The van der Waals surface area contributed by atoms with Crippen LogP contribution in [0.2, 0.25) is 5.02 Å². The highest BCUT2D eigenvalue weighted by Crippen LogP contribution is 2.44. The van der Waals surface area contributed by atoms with Crippen LogP contribution in [0.25, 0.3) is 0 Å². The van der Waals surface area contributed by atoms with Crippen LogP contribution in [-0.2, 0) is 10.2 Å². The third kappa shape index (κ3) is 2.42. The number of carbonyl (C=O) groups is 1. The summed E-state index contributed by atoms with van der Waals surface area (Å²) in [6, 6.07) is 14.3. The molecule has 1 amide bonds. The first-order valence-corrected chi connectivity index (χ1v) is 7.18. The van der Waals surface area contributed by atoms with E-state index in [9.17, 15) is 9.18 Å². The summed E-state index contributed by atoms with van der Waals surface area (Å²) >= 11 is 5.90. The van der Waals surface area contributed by atoms with Gasteiger partial charge in [0.25, 0.3) is 0 Å². The minimum Gasteiger partial charge on any atom is -0.348 e. The van der Waals surface area contributed by atoms with Crippen LogP contribution in [0.15, 0.2) is 48.5 Å². The number of benzene rings is 2. The molecule has 2 aromatic carbocycles. The predicted molar refractivity (Wildman–Crippen MR) is 80.7 cm³/mol. The van der Waals surface area contributed by atoms with E-state index in [2.05, 4.69) is 5.32 Å². The maximum atomic E-state index is 13.4. The number of carbonyl (C=O) groups excluding carboxylic acids is 1. The van der Waals surface area contributed by atoms with Gasteiger partial charge in [-0.05, 0) is 23.3 Å². The zero-order valence-corrected chi connectivity index (χ0v) is 12.3. The second kappa shape index (κ2) is 5.15. The summed E-state index contributed by atoms with van der Waals surface area (Å²) in [5.41, 5.74) is 1.45. The Morgan fingerprint density at radius 2 is 1.95 bits per heavy atom. The van der Waals surface area contributed by atoms with Gasteiger partial charge in [0, 0.05) is 11.8 Å². The molecular weight excluding hydrogens is 289 g/mol. The van der Waals surface area contributed by atoms with E-state index in [0.29, 0.717) is 6.42 Å². The van der Waals surface area contributed by atoms with E-state index in [-0.39, 0.29) is 17.0 Å². The lowest BCUT2D eigenvalue weighted by Crippen LogP contribution is -2.30. The largest absolute Gasteiger partial charge is 0.348 e. The van der Waals surface area contributed by atoms with Crippen LogP contribution in [0.5, 0.6) is 0 Å². The highest BCUT2D eigenvalue weighted by atomic mass is 35.5. The van der Waals surface area contributed by atoms with E-state index < -0.39 is 11.2 Å². The molecule has 1 aliphatic rings. The van der Waals surface area contributed by atoms with Gasteiger partial charge in [-0.2, -0.15) is 0 Å². The van der Waals surface area contributed by atoms with Crippen molar-refractivity contribution in [3.8, 4) is 0 Å². The van der Waals surface area contributed by atoms with Crippen molar-refractivity contribution in [1.29, 1.82) is 0 Å². The number of halogens is 2. The van der Waals surface area contributed by atoms with Gasteiger partial charge in [0.2, 0.25) is 5.91 Å². The average Bonchev–Trinajstić information content (AvgIpc) is 2.79. The molecule has 0 bridgehead atoms. The Bertz CT molecular complexity index is 688. The van der Waals surface area contributed by atoms with Gasteiger partial charge in [0.1, 0.15) is 5.82 Å². The van der Waals surface area contributed by atoms with E-state index in [1.807, 2.05) is 37.3 Å². The summed E-state index contributed by atoms with van der Waals surface area (Å²) in [7, 11) is 0. The van der Waals surface area contributed by atoms with Gasteiger partial charge >= 0.3 is 0 Å². The van der Waals surface area contributed by atoms with Crippen molar-refractivity contribution in [1.82, 2.24) is 5.32 Å². The Morgan fingerprint density at radius 3 is 2.62 bits per heavy atom. The summed E-state index contributed by atoms with van der Waals surface area (Å²) in [4.78, 5) is 11.9. The summed E-state index contributed by atoms with van der Waals surface area (Å²) in [5.74, 6) is -0.454. The molecule has 2 aromatic rings. The predicted octanol–water partition coefficient (Wildman–Crippen LogP) is 4.00. The molecule has 0 saturated carbocycles. The van der Waals surface area contributed by atoms with Gasteiger partial charge in [-0.3, -0.25) is 4.79 Å². The topological polar surface area (TPSA) is 29.1 Å². The molecule has 1 aliphatic heterocycles. The fraction of sp³-hybridized carbons (Fsp3) is 0.235. The maximum absolute atomic E-state index is 13.4. The van der Waals surface area contributed by atoms with Crippen molar-refractivity contribution < 1.29 is 9.18 Å². The molecule has 0 radical (unpaired) electrons. The van der Waals surface area contributed by atoms with E-state index in [1.165, 1.54) is 6.07 Å². The second-order valence-corrected chi connectivity index (χ2v) is 6.04. The van der Waals surface area contributed by atoms with Crippen LogP contribution >= 0.6 is 11.6 Å². The Balaban J connectivity index is 2.08. The van der Waals surface area contributed by atoms with Gasteiger partial charge in [-0.25, -0.2) is 4.39 Å². The first-order chi connectivity index (χ1) is 10.0. The minimum absolute atomic E-state index is 0.00759. The normalized spacial score (nSPS) is 24.9. The lowest BCUT2D eigenvalue weighted by Gasteiger charge is -2.31. The lowest BCUT2D eigenvalue weighted by atomic mass is 9.73. The highest BCUT2D eigenvalue weighted by Gasteiger charge is 2.45. The zero-order valence-electron chi connectivity index (χ0n) is 11.6. The van der Waals surface area contributed by atoms with Crippen molar-refractivity contribution in [2.45, 2.75) is 24.8 Å². The molecule has 2 unspecified atom stereocenters.